The monoisotopic (exact) mass is 269 g/mol. The largest absolute Gasteiger partial charge is 0.355 e. The number of rotatable bonds is 7. The van der Waals surface area contributed by atoms with Gasteiger partial charge in [0.25, 0.3) is 0 Å². The molecule has 1 rings (SSSR count). The van der Waals surface area contributed by atoms with Gasteiger partial charge >= 0.3 is 0 Å². The predicted octanol–water partition coefficient (Wildman–Crippen LogP) is 1.47. The first-order chi connectivity index (χ1) is 9.02. The number of nitrogens with one attached hydrogen (secondary N) is 2. The minimum atomic E-state index is 0.179. The average Bonchev–Trinajstić information content (AvgIpc) is 2.37. The van der Waals surface area contributed by atoms with Crippen LogP contribution < -0.4 is 10.6 Å². The van der Waals surface area contributed by atoms with E-state index >= 15 is 0 Å². The number of hydrogen-bond acceptors (Lipinski definition) is 3. The number of amides is 1. The van der Waals surface area contributed by atoms with E-state index in [9.17, 15) is 4.79 Å². The summed E-state index contributed by atoms with van der Waals surface area (Å²) < 4.78 is 0. The Balaban J connectivity index is 2.26. The third kappa shape index (κ3) is 6.39. The van der Waals surface area contributed by atoms with Crippen LogP contribution in [0.25, 0.3) is 0 Å². The molecule has 1 aliphatic rings. The summed E-state index contributed by atoms with van der Waals surface area (Å²) in [5.74, 6) is 1.50. The Kier molecular flexibility index (Phi) is 7.39. The molecule has 0 aromatic heterocycles. The molecule has 1 saturated heterocycles. The first kappa shape index (κ1) is 16.4. The fourth-order valence-electron chi connectivity index (χ4n) is 2.64. The van der Waals surface area contributed by atoms with Gasteiger partial charge in [0.15, 0.2) is 0 Å². The van der Waals surface area contributed by atoms with Crippen molar-refractivity contribution in [2.75, 3.05) is 33.2 Å². The maximum absolute atomic E-state index is 11.9. The van der Waals surface area contributed by atoms with Gasteiger partial charge in [-0.1, -0.05) is 13.8 Å². The lowest BCUT2D eigenvalue weighted by atomic mass is 9.92. The summed E-state index contributed by atoms with van der Waals surface area (Å²) in [5, 5.41) is 6.35. The highest BCUT2D eigenvalue weighted by atomic mass is 16.2. The van der Waals surface area contributed by atoms with E-state index in [1.54, 1.807) is 0 Å². The van der Waals surface area contributed by atoms with Crippen LogP contribution in [-0.2, 0) is 4.79 Å². The molecular formula is C15H31N3O. The van der Waals surface area contributed by atoms with Crippen molar-refractivity contribution in [2.45, 2.75) is 46.1 Å². The number of carbonyl (C=O) groups is 1. The van der Waals surface area contributed by atoms with Crippen LogP contribution in [0.1, 0.15) is 40.0 Å². The number of hydrogen-bond donors (Lipinski definition) is 2. The van der Waals surface area contributed by atoms with Crippen molar-refractivity contribution in [3.05, 3.63) is 0 Å². The van der Waals surface area contributed by atoms with Gasteiger partial charge in [-0.25, -0.2) is 0 Å². The molecule has 1 aliphatic heterocycles. The van der Waals surface area contributed by atoms with Crippen LogP contribution in [0.15, 0.2) is 0 Å². The molecule has 0 aromatic rings. The molecule has 0 spiro atoms. The zero-order valence-electron chi connectivity index (χ0n) is 13.0. The summed E-state index contributed by atoms with van der Waals surface area (Å²) in [5.41, 5.74) is 0. The first-order valence-corrected chi connectivity index (χ1v) is 7.69. The van der Waals surface area contributed by atoms with Gasteiger partial charge < -0.3 is 10.6 Å². The fraction of sp³-hybridized carbons (Fsp3) is 0.933. The molecule has 19 heavy (non-hydrogen) atoms. The number of nitrogens with zero attached hydrogens (tertiary/aromatic N) is 1. The molecule has 112 valence electrons. The van der Waals surface area contributed by atoms with Crippen molar-refractivity contribution in [3.8, 4) is 0 Å². The Hall–Kier alpha value is -0.610. The van der Waals surface area contributed by atoms with Crippen LogP contribution in [0, 0.1) is 11.8 Å². The van der Waals surface area contributed by atoms with Crippen LogP contribution in [0.2, 0.25) is 0 Å². The molecule has 1 amide bonds. The smallest absolute Gasteiger partial charge is 0.234 e. The summed E-state index contributed by atoms with van der Waals surface area (Å²) in [4.78, 5) is 14.2. The normalized spacial score (nSPS) is 22.5. The van der Waals surface area contributed by atoms with E-state index in [1.165, 1.54) is 12.8 Å². The van der Waals surface area contributed by atoms with Crippen LogP contribution in [-0.4, -0.2) is 50.1 Å². The van der Waals surface area contributed by atoms with Gasteiger partial charge in [0.1, 0.15) is 0 Å². The van der Waals surface area contributed by atoms with Crippen LogP contribution >= 0.6 is 0 Å². The summed E-state index contributed by atoms with van der Waals surface area (Å²) >= 11 is 0. The number of carbonyl (C=O) groups excluding carboxylic acids is 1. The third-order valence-corrected chi connectivity index (χ3v) is 4.12. The SMILES string of the molecule is CNC(C)C1CCCN(CC(=O)NCCC(C)C)C1. The van der Waals surface area contributed by atoms with Crippen molar-refractivity contribution in [3.63, 3.8) is 0 Å². The molecule has 1 heterocycles. The highest BCUT2D eigenvalue weighted by Gasteiger charge is 2.24. The molecule has 4 nitrogen and oxygen atoms in total. The highest BCUT2D eigenvalue weighted by Crippen LogP contribution is 2.19. The Morgan fingerprint density at radius 2 is 2.11 bits per heavy atom. The number of likely N-dealkylation sites (tertiary alicyclic amines) is 1. The summed E-state index contributed by atoms with van der Waals surface area (Å²) in [6, 6.07) is 0.534. The summed E-state index contributed by atoms with van der Waals surface area (Å²) in [6.45, 7) is 10.1. The molecule has 2 N–H and O–H groups in total. The van der Waals surface area contributed by atoms with Gasteiger partial charge in [0.2, 0.25) is 5.91 Å². The van der Waals surface area contributed by atoms with Crippen LogP contribution in [0.3, 0.4) is 0 Å². The maximum atomic E-state index is 11.9. The fourth-order valence-corrected chi connectivity index (χ4v) is 2.64. The van der Waals surface area contributed by atoms with Gasteiger partial charge in [-0.3, -0.25) is 9.69 Å². The van der Waals surface area contributed by atoms with E-state index in [4.69, 9.17) is 0 Å². The molecule has 0 bridgehead atoms. The molecule has 2 atom stereocenters. The molecule has 1 fully saturated rings. The Morgan fingerprint density at radius 3 is 2.74 bits per heavy atom. The molecule has 0 saturated carbocycles. The zero-order chi connectivity index (χ0) is 14.3. The van der Waals surface area contributed by atoms with E-state index in [-0.39, 0.29) is 5.91 Å². The van der Waals surface area contributed by atoms with Gasteiger partial charge in [0.05, 0.1) is 6.54 Å². The maximum Gasteiger partial charge on any atom is 0.234 e. The van der Waals surface area contributed by atoms with Gasteiger partial charge in [-0.15, -0.1) is 0 Å². The lowest BCUT2D eigenvalue weighted by molar-refractivity contribution is -0.122. The Labute approximate surface area is 118 Å². The molecule has 0 aliphatic carbocycles. The molecular weight excluding hydrogens is 238 g/mol. The van der Waals surface area contributed by atoms with Crippen molar-refractivity contribution >= 4 is 5.91 Å². The minimum Gasteiger partial charge on any atom is -0.355 e. The van der Waals surface area contributed by atoms with Gasteiger partial charge in [0, 0.05) is 19.1 Å². The predicted molar refractivity (Wildman–Crippen MR) is 80.2 cm³/mol. The van der Waals surface area contributed by atoms with Gasteiger partial charge in [-0.2, -0.15) is 0 Å². The summed E-state index contributed by atoms with van der Waals surface area (Å²) in [6.07, 6.45) is 3.54. The van der Waals surface area contributed by atoms with Crippen molar-refractivity contribution in [2.24, 2.45) is 11.8 Å². The van der Waals surface area contributed by atoms with Gasteiger partial charge in [-0.05, 0) is 51.6 Å². The molecule has 0 radical (unpaired) electrons. The lowest BCUT2D eigenvalue weighted by Crippen LogP contribution is -2.47. The van der Waals surface area contributed by atoms with Crippen molar-refractivity contribution in [1.82, 2.24) is 15.5 Å². The first-order valence-electron chi connectivity index (χ1n) is 7.69. The second kappa shape index (κ2) is 8.54. The Morgan fingerprint density at radius 1 is 1.37 bits per heavy atom. The van der Waals surface area contributed by atoms with E-state index < -0.39 is 0 Å². The topological polar surface area (TPSA) is 44.4 Å². The highest BCUT2D eigenvalue weighted by molar-refractivity contribution is 5.77. The quantitative estimate of drug-likeness (QED) is 0.735. The molecule has 4 heteroatoms. The zero-order valence-corrected chi connectivity index (χ0v) is 13.0. The van der Waals surface area contributed by atoms with E-state index in [0.29, 0.717) is 24.4 Å². The van der Waals surface area contributed by atoms with Crippen molar-refractivity contribution < 1.29 is 4.79 Å². The standard InChI is InChI=1S/C15H31N3O/c1-12(2)7-8-17-15(19)11-18-9-5-6-14(10-18)13(3)16-4/h12-14,16H,5-11H2,1-4H3,(H,17,19). The third-order valence-electron chi connectivity index (χ3n) is 4.12. The second-order valence-corrected chi connectivity index (χ2v) is 6.25. The summed E-state index contributed by atoms with van der Waals surface area (Å²) in [7, 11) is 2.02. The number of piperidine rings is 1. The van der Waals surface area contributed by atoms with Crippen LogP contribution in [0.5, 0.6) is 0 Å². The van der Waals surface area contributed by atoms with E-state index in [1.807, 2.05) is 7.05 Å². The minimum absolute atomic E-state index is 0.179. The molecule has 0 aromatic carbocycles. The van der Waals surface area contributed by atoms with Crippen LogP contribution in [0.4, 0.5) is 0 Å². The average molecular weight is 269 g/mol. The van der Waals surface area contributed by atoms with E-state index in [0.717, 1.165) is 26.1 Å². The second-order valence-electron chi connectivity index (χ2n) is 6.25. The van der Waals surface area contributed by atoms with Crippen molar-refractivity contribution in [1.29, 1.82) is 0 Å². The molecule has 2 unspecified atom stereocenters. The van der Waals surface area contributed by atoms with E-state index in [2.05, 4.69) is 36.3 Å². The Bertz CT molecular complexity index is 268. The lowest BCUT2D eigenvalue weighted by Gasteiger charge is -2.35.